The molecule has 1 fully saturated rings. The van der Waals surface area contributed by atoms with Gasteiger partial charge in [-0.25, -0.2) is 0 Å². The highest BCUT2D eigenvalue weighted by atomic mass is 14.2. The summed E-state index contributed by atoms with van der Waals surface area (Å²) in [7, 11) is 0. The third-order valence-corrected chi connectivity index (χ3v) is 5.87. The Balaban J connectivity index is 1.50. The fourth-order valence-electron chi connectivity index (χ4n) is 3.91. The molecule has 0 spiro atoms. The maximum absolute atomic E-state index is 3.78. The second-order valence-electron chi connectivity index (χ2n) is 8.14. The first kappa shape index (κ1) is 19.5. The Morgan fingerprint density at radius 1 is 0.815 bits per heavy atom. The Labute approximate surface area is 165 Å². The Bertz CT molecular complexity index is 760. The lowest BCUT2D eigenvalue weighted by molar-refractivity contribution is 0.278. The molecule has 1 aliphatic rings. The molecule has 3 rings (SSSR count). The molecule has 1 saturated carbocycles. The van der Waals surface area contributed by atoms with Crippen LogP contribution >= 0.6 is 0 Å². The Morgan fingerprint density at radius 3 is 1.85 bits per heavy atom. The zero-order valence-electron chi connectivity index (χ0n) is 16.7. The SMILES string of the molecule is C=CCCc1ccc(C#Cc2ccc(CCC3CCC(C)CC3)cc2)cc1. The molecule has 27 heavy (non-hydrogen) atoms. The van der Waals surface area contributed by atoms with E-state index in [9.17, 15) is 0 Å². The molecule has 0 radical (unpaired) electrons. The second kappa shape index (κ2) is 10.2. The molecule has 140 valence electrons. The lowest BCUT2D eigenvalue weighted by atomic mass is 9.80. The molecule has 0 N–H and O–H groups in total. The Hall–Kier alpha value is -2.26. The Kier molecular flexibility index (Phi) is 7.35. The first-order valence-corrected chi connectivity index (χ1v) is 10.5. The third kappa shape index (κ3) is 6.44. The van der Waals surface area contributed by atoms with Gasteiger partial charge in [0.1, 0.15) is 0 Å². The van der Waals surface area contributed by atoms with E-state index in [1.165, 1.54) is 49.7 Å². The van der Waals surface area contributed by atoms with Crippen LogP contribution in [0.3, 0.4) is 0 Å². The van der Waals surface area contributed by atoms with E-state index in [4.69, 9.17) is 0 Å². The van der Waals surface area contributed by atoms with Crippen LogP contribution < -0.4 is 0 Å². The summed E-state index contributed by atoms with van der Waals surface area (Å²) >= 11 is 0. The van der Waals surface area contributed by atoms with Crippen LogP contribution in [-0.2, 0) is 12.8 Å². The summed E-state index contributed by atoms with van der Waals surface area (Å²) in [5, 5.41) is 0. The highest BCUT2D eigenvalue weighted by Gasteiger charge is 2.17. The fraction of sp³-hybridized carbons (Fsp3) is 0.407. The van der Waals surface area contributed by atoms with Crippen LogP contribution in [0.2, 0.25) is 0 Å². The van der Waals surface area contributed by atoms with Gasteiger partial charge in [0.15, 0.2) is 0 Å². The molecule has 0 bridgehead atoms. The van der Waals surface area contributed by atoms with E-state index in [0.29, 0.717) is 0 Å². The van der Waals surface area contributed by atoms with Crippen molar-refractivity contribution in [2.24, 2.45) is 11.8 Å². The number of allylic oxidation sites excluding steroid dienone is 1. The van der Waals surface area contributed by atoms with Crippen LogP contribution in [0.4, 0.5) is 0 Å². The van der Waals surface area contributed by atoms with Gasteiger partial charge < -0.3 is 0 Å². The van der Waals surface area contributed by atoms with Gasteiger partial charge in [0, 0.05) is 11.1 Å². The van der Waals surface area contributed by atoms with Crippen LogP contribution in [0, 0.1) is 23.7 Å². The topological polar surface area (TPSA) is 0 Å². The van der Waals surface area contributed by atoms with Crippen LogP contribution in [0.15, 0.2) is 61.2 Å². The molecule has 2 aromatic carbocycles. The predicted octanol–water partition coefficient (Wildman–Crippen LogP) is 6.96. The highest BCUT2D eigenvalue weighted by Crippen LogP contribution is 2.31. The summed E-state index contributed by atoms with van der Waals surface area (Å²) in [6.07, 6.45) is 12.3. The van der Waals surface area contributed by atoms with Crippen molar-refractivity contribution < 1.29 is 0 Å². The zero-order chi connectivity index (χ0) is 18.9. The molecule has 0 aromatic heterocycles. The number of hydrogen-bond donors (Lipinski definition) is 0. The van der Waals surface area contributed by atoms with Crippen molar-refractivity contribution in [1.29, 1.82) is 0 Å². The van der Waals surface area contributed by atoms with E-state index in [0.717, 1.165) is 35.8 Å². The van der Waals surface area contributed by atoms with Gasteiger partial charge in [-0.05, 0) is 72.9 Å². The molecule has 0 saturated heterocycles. The molecule has 0 heterocycles. The minimum atomic E-state index is 0.940. The lowest BCUT2D eigenvalue weighted by Gasteiger charge is -2.26. The summed E-state index contributed by atoms with van der Waals surface area (Å²) in [6.45, 7) is 6.17. The minimum Gasteiger partial charge on any atom is -0.103 e. The summed E-state index contributed by atoms with van der Waals surface area (Å²) in [5.41, 5.74) is 4.97. The standard InChI is InChI=1S/C27H32/c1-3-4-5-23-10-12-25(13-11-23)16-17-27-20-18-26(19-21-27)15-14-24-8-6-22(2)7-9-24/h3,10-13,18-22,24H,1,4-9,14-15H2,2H3. The maximum Gasteiger partial charge on any atom is 0.0249 e. The summed E-state index contributed by atoms with van der Waals surface area (Å²) in [5.74, 6) is 8.46. The first-order chi connectivity index (χ1) is 13.2. The molecule has 0 amide bonds. The van der Waals surface area contributed by atoms with Crippen molar-refractivity contribution in [3.63, 3.8) is 0 Å². The van der Waals surface area contributed by atoms with Gasteiger partial charge in [-0.2, -0.15) is 0 Å². The van der Waals surface area contributed by atoms with Crippen LogP contribution in [0.1, 0.15) is 67.7 Å². The third-order valence-electron chi connectivity index (χ3n) is 5.87. The molecule has 0 nitrogen and oxygen atoms in total. The van der Waals surface area contributed by atoms with Crippen molar-refractivity contribution in [3.05, 3.63) is 83.4 Å². The van der Waals surface area contributed by atoms with Crippen LogP contribution in [0.25, 0.3) is 0 Å². The quantitative estimate of drug-likeness (QED) is 0.387. The lowest BCUT2D eigenvalue weighted by Crippen LogP contribution is -2.12. The summed E-state index contributed by atoms with van der Waals surface area (Å²) < 4.78 is 0. The Morgan fingerprint density at radius 2 is 1.33 bits per heavy atom. The van der Waals surface area contributed by atoms with Crippen molar-refractivity contribution in [1.82, 2.24) is 0 Å². The monoisotopic (exact) mass is 356 g/mol. The van der Waals surface area contributed by atoms with E-state index < -0.39 is 0 Å². The molecule has 2 aromatic rings. The minimum absolute atomic E-state index is 0.940. The molecule has 0 atom stereocenters. The van der Waals surface area contributed by atoms with E-state index in [-0.39, 0.29) is 0 Å². The molecule has 0 aliphatic heterocycles. The van der Waals surface area contributed by atoms with Gasteiger partial charge in [-0.15, -0.1) is 6.58 Å². The molecule has 1 aliphatic carbocycles. The summed E-state index contributed by atoms with van der Waals surface area (Å²) in [4.78, 5) is 0. The fourth-order valence-corrected chi connectivity index (χ4v) is 3.91. The maximum atomic E-state index is 3.78. The van der Waals surface area contributed by atoms with Crippen LogP contribution in [0.5, 0.6) is 0 Å². The number of benzene rings is 2. The van der Waals surface area contributed by atoms with E-state index in [2.05, 4.69) is 73.9 Å². The van der Waals surface area contributed by atoms with Gasteiger partial charge in [0.05, 0.1) is 0 Å². The van der Waals surface area contributed by atoms with Gasteiger partial charge >= 0.3 is 0 Å². The van der Waals surface area contributed by atoms with Gasteiger partial charge in [0.25, 0.3) is 0 Å². The van der Waals surface area contributed by atoms with Crippen molar-refractivity contribution in [2.45, 2.75) is 58.3 Å². The average Bonchev–Trinajstić information content (AvgIpc) is 2.72. The summed E-state index contributed by atoms with van der Waals surface area (Å²) in [6, 6.07) is 17.4. The smallest absolute Gasteiger partial charge is 0.0249 e. The predicted molar refractivity (Wildman–Crippen MR) is 117 cm³/mol. The van der Waals surface area contributed by atoms with Gasteiger partial charge in [-0.3, -0.25) is 0 Å². The largest absolute Gasteiger partial charge is 0.103 e. The molecule has 0 heteroatoms. The van der Waals surface area contributed by atoms with Gasteiger partial charge in [0.2, 0.25) is 0 Å². The molecular formula is C27H32. The molecule has 0 unspecified atom stereocenters. The van der Waals surface area contributed by atoms with E-state index in [1.807, 2.05) is 6.08 Å². The second-order valence-corrected chi connectivity index (χ2v) is 8.14. The average molecular weight is 357 g/mol. The highest BCUT2D eigenvalue weighted by molar-refractivity contribution is 5.44. The first-order valence-electron chi connectivity index (χ1n) is 10.5. The van der Waals surface area contributed by atoms with Crippen molar-refractivity contribution in [2.75, 3.05) is 0 Å². The van der Waals surface area contributed by atoms with Crippen molar-refractivity contribution in [3.8, 4) is 11.8 Å². The normalized spacial score (nSPS) is 19.1. The number of aryl methyl sites for hydroxylation is 2. The van der Waals surface area contributed by atoms with Gasteiger partial charge in [-0.1, -0.05) is 74.8 Å². The number of rotatable bonds is 6. The molecular weight excluding hydrogens is 324 g/mol. The van der Waals surface area contributed by atoms with E-state index in [1.54, 1.807) is 0 Å². The van der Waals surface area contributed by atoms with E-state index >= 15 is 0 Å². The number of hydrogen-bond acceptors (Lipinski definition) is 0. The van der Waals surface area contributed by atoms with Crippen LogP contribution in [-0.4, -0.2) is 0 Å². The zero-order valence-corrected chi connectivity index (χ0v) is 16.7. The van der Waals surface area contributed by atoms with Crippen molar-refractivity contribution >= 4 is 0 Å².